The zero-order valence-electron chi connectivity index (χ0n) is 10.8. The van der Waals surface area contributed by atoms with Gasteiger partial charge in [-0.25, -0.2) is 0 Å². The van der Waals surface area contributed by atoms with Gasteiger partial charge in [0.2, 0.25) is 0 Å². The number of nitrogens with zero attached hydrogens (tertiary/aromatic N) is 2. The second-order valence-corrected chi connectivity index (χ2v) is 5.49. The first-order valence-electron chi connectivity index (χ1n) is 6.18. The summed E-state index contributed by atoms with van der Waals surface area (Å²) in [5.74, 6) is 0. The van der Waals surface area contributed by atoms with Crippen LogP contribution in [0.2, 0.25) is 0 Å². The summed E-state index contributed by atoms with van der Waals surface area (Å²) in [5, 5.41) is 0. The maximum atomic E-state index is 5.78. The zero-order chi connectivity index (χ0) is 11.5. The van der Waals surface area contributed by atoms with Crippen LogP contribution in [-0.4, -0.2) is 54.1 Å². The Morgan fingerprint density at radius 2 is 1.67 bits per heavy atom. The first-order chi connectivity index (χ1) is 6.99. The van der Waals surface area contributed by atoms with Crippen LogP contribution in [-0.2, 0) is 0 Å². The van der Waals surface area contributed by atoms with E-state index >= 15 is 0 Å². The van der Waals surface area contributed by atoms with Crippen molar-refractivity contribution >= 4 is 0 Å². The van der Waals surface area contributed by atoms with Gasteiger partial charge < -0.3 is 5.73 Å². The lowest BCUT2D eigenvalue weighted by atomic mass is 10.0. The van der Waals surface area contributed by atoms with Gasteiger partial charge in [0.25, 0.3) is 0 Å². The summed E-state index contributed by atoms with van der Waals surface area (Å²) in [4.78, 5) is 5.11. The topological polar surface area (TPSA) is 32.5 Å². The summed E-state index contributed by atoms with van der Waals surface area (Å²) in [6.45, 7) is 14.6. The number of rotatable bonds is 3. The fourth-order valence-corrected chi connectivity index (χ4v) is 2.33. The summed E-state index contributed by atoms with van der Waals surface area (Å²) < 4.78 is 0. The highest BCUT2D eigenvalue weighted by atomic mass is 15.3. The van der Waals surface area contributed by atoms with E-state index in [2.05, 4.69) is 37.5 Å². The fraction of sp³-hybridized carbons (Fsp3) is 1.00. The average Bonchev–Trinajstić information content (AvgIpc) is 2.19. The zero-order valence-corrected chi connectivity index (χ0v) is 10.8. The first kappa shape index (κ1) is 12.9. The quantitative estimate of drug-likeness (QED) is 0.763. The lowest BCUT2D eigenvalue weighted by Gasteiger charge is -2.44. The molecule has 1 rings (SSSR count). The molecule has 0 aromatic heterocycles. The van der Waals surface area contributed by atoms with Crippen LogP contribution in [0.15, 0.2) is 0 Å². The Kier molecular flexibility index (Phi) is 4.56. The van der Waals surface area contributed by atoms with Crippen molar-refractivity contribution in [2.24, 2.45) is 5.73 Å². The summed E-state index contributed by atoms with van der Waals surface area (Å²) in [7, 11) is 0. The molecule has 0 aromatic rings. The Balaban J connectivity index is 2.42. The molecule has 0 spiro atoms. The van der Waals surface area contributed by atoms with Gasteiger partial charge in [-0.05, 0) is 27.2 Å². The predicted octanol–water partition coefficient (Wildman–Crippen LogP) is 1.14. The van der Waals surface area contributed by atoms with Gasteiger partial charge in [-0.15, -0.1) is 0 Å². The molecule has 1 unspecified atom stereocenters. The third kappa shape index (κ3) is 3.44. The lowest BCUT2D eigenvalue weighted by Crippen LogP contribution is -2.56. The van der Waals surface area contributed by atoms with Crippen LogP contribution in [0.5, 0.6) is 0 Å². The highest BCUT2D eigenvalue weighted by Gasteiger charge is 2.27. The van der Waals surface area contributed by atoms with Crippen molar-refractivity contribution in [3.05, 3.63) is 0 Å². The maximum Gasteiger partial charge on any atom is 0.0216 e. The van der Waals surface area contributed by atoms with Crippen molar-refractivity contribution in [3.63, 3.8) is 0 Å². The van der Waals surface area contributed by atoms with Crippen LogP contribution in [0.3, 0.4) is 0 Å². The molecule has 1 fully saturated rings. The van der Waals surface area contributed by atoms with Gasteiger partial charge in [-0.2, -0.15) is 0 Å². The van der Waals surface area contributed by atoms with Gasteiger partial charge in [0.05, 0.1) is 0 Å². The van der Waals surface area contributed by atoms with Crippen molar-refractivity contribution < 1.29 is 0 Å². The van der Waals surface area contributed by atoms with Gasteiger partial charge >= 0.3 is 0 Å². The molecule has 0 saturated carbocycles. The smallest absolute Gasteiger partial charge is 0.0216 e. The molecule has 0 amide bonds. The van der Waals surface area contributed by atoms with Crippen LogP contribution in [0.1, 0.15) is 34.1 Å². The number of hydrogen-bond acceptors (Lipinski definition) is 3. The van der Waals surface area contributed by atoms with Gasteiger partial charge in [-0.3, -0.25) is 9.80 Å². The van der Waals surface area contributed by atoms with Gasteiger partial charge in [0.1, 0.15) is 0 Å². The Labute approximate surface area is 94.6 Å². The van der Waals surface area contributed by atoms with E-state index in [0.29, 0.717) is 11.6 Å². The van der Waals surface area contributed by atoms with E-state index in [1.54, 1.807) is 0 Å². The second kappa shape index (κ2) is 5.28. The Hall–Kier alpha value is -0.120. The fourth-order valence-electron chi connectivity index (χ4n) is 2.33. The third-order valence-electron chi connectivity index (χ3n) is 3.52. The van der Waals surface area contributed by atoms with Gasteiger partial charge in [-0.1, -0.05) is 6.92 Å². The van der Waals surface area contributed by atoms with Crippen molar-refractivity contribution in [3.8, 4) is 0 Å². The monoisotopic (exact) mass is 213 g/mol. The van der Waals surface area contributed by atoms with Crippen molar-refractivity contribution in [1.82, 2.24) is 9.80 Å². The van der Waals surface area contributed by atoms with Gasteiger partial charge in [0, 0.05) is 44.3 Å². The first-order valence-corrected chi connectivity index (χ1v) is 6.18. The highest BCUT2D eigenvalue weighted by molar-refractivity contribution is 4.84. The van der Waals surface area contributed by atoms with Gasteiger partial charge in [0.15, 0.2) is 0 Å². The molecular weight excluding hydrogens is 186 g/mol. The SMILES string of the molecule is CCC(CN)N1CCN(C(C)(C)C)CC1. The van der Waals surface area contributed by atoms with E-state index in [1.165, 1.54) is 32.6 Å². The normalized spacial score (nSPS) is 23.0. The van der Waals surface area contributed by atoms with Crippen LogP contribution >= 0.6 is 0 Å². The molecule has 1 atom stereocenters. The summed E-state index contributed by atoms with van der Waals surface area (Å²) in [6.07, 6.45) is 1.17. The molecule has 15 heavy (non-hydrogen) atoms. The van der Waals surface area contributed by atoms with Crippen LogP contribution in [0.4, 0.5) is 0 Å². The highest BCUT2D eigenvalue weighted by Crippen LogP contribution is 2.17. The minimum absolute atomic E-state index is 0.316. The molecule has 1 saturated heterocycles. The molecule has 0 aliphatic carbocycles. The summed E-state index contributed by atoms with van der Waals surface area (Å²) in [6, 6.07) is 0.590. The van der Waals surface area contributed by atoms with Crippen LogP contribution in [0, 0.1) is 0 Å². The lowest BCUT2D eigenvalue weighted by molar-refractivity contribution is 0.0429. The van der Waals surface area contributed by atoms with Crippen molar-refractivity contribution in [1.29, 1.82) is 0 Å². The molecule has 1 aliphatic rings. The van der Waals surface area contributed by atoms with E-state index in [4.69, 9.17) is 5.73 Å². The molecule has 0 bridgehead atoms. The van der Waals surface area contributed by atoms with Crippen molar-refractivity contribution in [2.75, 3.05) is 32.7 Å². The largest absolute Gasteiger partial charge is 0.329 e. The molecule has 1 heterocycles. The molecular formula is C12H27N3. The minimum Gasteiger partial charge on any atom is -0.329 e. The van der Waals surface area contributed by atoms with E-state index in [-0.39, 0.29) is 0 Å². The minimum atomic E-state index is 0.316. The molecule has 1 aliphatic heterocycles. The van der Waals surface area contributed by atoms with Crippen LogP contribution in [0.25, 0.3) is 0 Å². The Bertz CT molecular complexity index is 174. The second-order valence-electron chi connectivity index (χ2n) is 5.49. The predicted molar refractivity (Wildman–Crippen MR) is 66.0 cm³/mol. The molecule has 3 heteroatoms. The average molecular weight is 213 g/mol. The van der Waals surface area contributed by atoms with E-state index in [1.807, 2.05) is 0 Å². The van der Waals surface area contributed by atoms with E-state index < -0.39 is 0 Å². The summed E-state index contributed by atoms with van der Waals surface area (Å²) >= 11 is 0. The Morgan fingerprint density at radius 1 is 1.13 bits per heavy atom. The standard InChI is InChI=1S/C12H27N3/c1-5-11(10-13)14-6-8-15(9-7-14)12(2,3)4/h11H,5-10,13H2,1-4H3. The Morgan fingerprint density at radius 3 is 2.00 bits per heavy atom. The number of piperazine rings is 1. The number of nitrogens with two attached hydrogens (primary N) is 1. The molecule has 0 aromatic carbocycles. The van der Waals surface area contributed by atoms with Crippen molar-refractivity contribution in [2.45, 2.75) is 45.7 Å². The van der Waals surface area contributed by atoms with E-state index in [0.717, 1.165) is 6.54 Å². The molecule has 0 radical (unpaired) electrons. The van der Waals surface area contributed by atoms with E-state index in [9.17, 15) is 0 Å². The molecule has 3 nitrogen and oxygen atoms in total. The third-order valence-corrected chi connectivity index (χ3v) is 3.52. The number of hydrogen-bond donors (Lipinski definition) is 1. The van der Waals surface area contributed by atoms with Crippen LogP contribution < -0.4 is 5.73 Å². The molecule has 90 valence electrons. The maximum absolute atomic E-state index is 5.78. The summed E-state index contributed by atoms with van der Waals surface area (Å²) in [5.41, 5.74) is 6.10. The molecule has 2 N–H and O–H groups in total.